The van der Waals surface area contributed by atoms with E-state index in [2.05, 4.69) is 29.1 Å². The number of carbonyl (C=O) groups is 2. The van der Waals surface area contributed by atoms with Gasteiger partial charge in [0.2, 0.25) is 0 Å². The van der Waals surface area contributed by atoms with Crippen molar-refractivity contribution in [3.63, 3.8) is 0 Å². The normalized spacial score (nSPS) is 16.9. The zero-order valence-electron chi connectivity index (χ0n) is 24.9. The van der Waals surface area contributed by atoms with Crippen molar-refractivity contribution in [2.75, 3.05) is 6.61 Å². The van der Waals surface area contributed by atoms with E-state index in [0.29, 0.717) is 13.0 Å². The van der Waals surface area contributed by atoms with Gasteiger partial charge in [-0.15, -0.1) is 11.8 Å². The lowest BCUT2D eigenvalue weighted by Gasteiger charge is -2.47. The summed E-state index contributed by atoms with van der Waals surface area (Å²) in [4.78, 5) is 41.3. The van der Waals surface area contributed by atoms with Gasteiger partial charge in [-0.1, -0.05) is 45.2 Å². The number of imidazole rings is 1. The Morgan fingerprint density at radius 3 is 2.53 bits per heavy atom. The van der Waals surface area contributed by atoms with E-state index in [1.54, 1.807) is 30.4 Å². The molecule has 0 unspecified atom stereocenters. The number of esters is 1. The standard InChI is InChI=1S/C34H37N5O3S/c1-4-42-33(41)27(37-29-28(43-22(2)3)30(40)34(29)16-6-5-7-17-34)20-23-12-14-25(15-13-23)39-31(24-10-8-18-35-21-24)38-26-11-9-19-36-32(26)39/h8-15,18-19,21-22,27,37H,4-7,16-17,20H2,1-3H3/t27-/m0/s1. The summed E-state index contributed by atoms with van der Waals surface area (Å²) in [6.45, 7) is 6.31. The van der Waals surface area contributed by atoms with Crippen LogP contribution >= 0.6 is 11.8 Å². The average molecular weight is 596 g/mol. The minimum atomic E-state index is -0.600. The number of Topliss-reactive ketones (excluding diaryl/α,β-unsaturated/α-hetero) is 1. The van der Waals surface area contributed by atoms with Crippen molar-refractivity contribution in [3.8, 4) is 17.1 Å². The lowest BCUT2D eigenvalue weighted by atomic mass is 9.62. The van der Waals surface area contributed by atoms with Gasteiger partial charge in [0.15, 0.2) is 11.4 Å². The minimum absolute atomic E-state index is 0.242. The summed E-state index contributed by atoms with van der Waals surface area (Å²) in [6, 6.07) is 15.2. The Morgan fingerprint density at radius 1 is 1.07 bits per heavy atom. The number of fused-ring (bicyclic) bond motifs is 1. The maximum absolute atomic E-state index is 13.4. The van der Waals surface area contributed by atoms with E-state index in [9.17, 15) is 9.59 Å². The molecule has 0 amide bonds. The molecule has 9 heteroatoms. The molecule has 4 aromatic rings. The van der Waals surface area contributed by atoms with Crippen LogP contribution in [0.4, 0.5) is 0 Å². The summed E-state index contributed by atoms with van der Waals surface area (Å²) >= 11 is 1.60. The zero-order valence-corrected chi connectivity index (χ0v) is 25.7. The molecule has 3 heterocycles. The van der Waals surface area contributed by atoms with Crippen LogP contribution in [0.2, 0.25) is 0 Å². The van der Waals surface area contributed by atoms with Crippen LogP contribution in [0.1, 0.15) is 58.4 Å². The Hall–Kier alpha value is -3.98. The average Bonchev–Trinajstić information content (AvgIpc) is 3.43. The number of benzene rings is 1. The van der Waals surface area contributed by atoms with Gasteiger partial charge in [-0.3, -0.25) is 14.3 Å². The van der Waals surface area contributed by atoms with Gasteiger partial charge in [0.25, 0.3) is 0 Å². The number of ketones is 1. The Balaban J connectivity index is 1.31. The number of nitrogens with one attached hydrogen (secondary N) is 1. The van der Waals surface area contributed by atoms with Gasteiger partial charge in [0.05, 0.1) is 16.9 Å². The van der Waals surface area contributed by atoms with Gasteiger partial charge in [-0.05, 0) is 61.7 Å². The fourth-order valence-electron chi connectivity index (χ4n) is 6.26. The fraction of sp³-hybridized carbons (Fsp3) is 0.382. The highest BCUT2D eigenvalue weighted by Crippen LogP contribution is 2.55. The van der Waals surface area contributed by atoms with Crippen LogP contribution in [0.3, 0.4) is 0 Å². The first-order chi connectivity index (χ1) is 20.9. The number of pyridine rings is 2. The van der Waals surface area contributed by atoms with Crippen LogP contribution in [-0.2, 0) is 20.7 Å². The van der Waals surface area contributed by atoms with Crippen LogP contribution in [-0.4, -0.2) is 49.2 Å². The highest BCUT2D eigenvalue weighted by atomic mass is 32.2. The third kappa shape index (κ3) is 5.58. The van der Waals surface area contributed by atoms with E-state index >= 15 is 0 Å². The summed E-state index contributed by atoms with van der Waals surface area (Å²) in [5.41, 5.74) is 4.81. The summed E-state index contributed by atoms with van der Waals surface area (Å²) in [5, 5.41) is 3.83. The molecule has 1 saturated carbocycles. The molecule has 0 radical (unpaired) electrons. The predicted molar refractivity (Wildman–Crippen MR) is 170 cm³/mol. The Kier molecular flexibility index (Phi) is 8.34. The SMILES string of the molecule is CCOC(=O)[C@H](Cc1ccc(-n2c(-c3cccnc3)nc3cccnc32)cc1)NC1=C(SC(C)C)C(=O)C12CCCCC2. The van der Waals surface area contributed by atoms with E-state index in [0.717, 1.165) is 76.5 Å². The number of hydrogen-bond donors (Lipinski definition) is 1. The van der Waals surface area contributed by atoms with Gasteiger partial charge in [-0.2, -0.15) is 0 Å². The molecule has 0 saturated heterocycles. The second-order valence-electron chi connectivity index (χ2n) is 11.5. The lowest BCUT2D eigenvalue weighted by molar-refractivity contribution is -0.146. The number of carbonyl (C=O) groups excluding carboxylic acids is 2. The molecule has 2 aliphatic rings. The first kappa shape index (κ1) is 29.1. The second kappa shape index (κ2) is 12.3. The molecule has 8 nitrogen and oxygen atoms in total. The van der Waals surface area contributed by atoms with Crippen molar-refractivity contribution in [1.29, 1.82) is 0 Å². The second-order valence-corrected chi connectivity index (χ2v) is 13.1. The highest BCUT2D eigenvalue weighted by molar-refractivity contribution is 8.04. The van der Waals surface area contributed by atoms with E-state index < -0.39 is 11.5 Å². The Labute approximate surface area is 256 Å². The molecule has 1 N–H and O–H groups in total. The molecule has 43 heavy (non-hydrogen) atoms. The maximum atomic E-state index is 13.4. The molecule has 0 bridgehead atoms. The summed E-state index contributed by atoms with van der Waals surface area (Å²) in [5.74, 6) is 0.697. The quantitative estimate of drug-likeness (QED) is 0.209. The number of rotatable bonds is 10. The molecule has 1 spiro atoms. The number of thioether (sulfide) groups is 1. The van der Waals surface area contributed by atoms with Gasteiger partial charge in [0.1, 0.15) is 17.4 Å². The van der Waals surface area contributed by atoms with Crippen LogP contribution < -0.4 is 5.32 Å². The van der Waals surface area contributed by atoms with Crippen molar-refractivity contribution >= 4 is 34.7 Å². The molecule has 222 valence electrons. The number of hydrogen-bond acceptors (Lipinski definition) is 8. The third-order valence-electron chi connectivity index (χ3n) is 8.27. The smallest absolute Gasteiger partial charge is 0.328 e. The van der Waals surface area contributed by atoms with Crippen LogP contribution in [0.15, 0.2) is 77.7 Å². The van der Waals surface area contributed by atoms with E-state index in [1.165, 1.54) is 0 Å². The number of aromatic nitrogens is 4. The highest BCUT2D eigenvalue weighted by Gasteiger charge is 2.54. The zero-order chi connectivity index (χ0) is 30.0. The molecule has 2 aliphatic carbocycles. The maximum Gasteiger partial charge on any atom is 0.328 e. The number of allylic oxidation sites excluding steroid dienone is 2. The molecular weight excluding hydrogens is 558 g/mol. The predicted octanol–water partition coefficient (Wildman–Crippen LogP) is 6.43. The van der Waals surface area contributed by atoms with Gasteiger partial charge >= 0.3 is 5.97 Å². The summed E-state index contributed by atoms with van der Waals surface area (Å²) < 4.78 is 7.55. The largest absolute Gasteiger partial charge is 0.464 e. The Bertz CT molecular complexity index is 1660. The molecule has 0 aliphatic heterocycles. The molecule has 1 atom stereocenters. The van der Waals surface area contributed by atoms with Crippen molar-refractivity contribution in [3.05, 3.63) is 83.3 Å². The van der Waals surface area contributed by atoms with Gasteiger partial charge in [0, 0.05) is 47.2 Å². The van der Waals surface area contributed by atoms with Gasteiger partial charge < -0.3 is 10.1 Å². The first-order valence-corrected chi connectivity index (χ1v) is 16.0. The van der Waals surface area contributed by atoms with Crippen LogP contribution in [0.25, 0.3) is 28.2 Å². The molecule has 6 rings (SSSR count). The summed E-state index contributed by atoms with van der Waals surface area (Å²) in [6.07, 6.45) is 10.6. The molecule has 1 aromatic carbocycles. The van der Waals surface area contributed by atoms with Crippen LogP contribution in [0, 0.1) is 5.41 Å². The number of nitrogens with zero attached hydrogens (tertiary/aromatic N) is 4. The van der Waals surface area contributed by atoms with E-state index in [1.807, 2.05) is 60.0 Å². The topological polar surface area (TPSA) is 99.0 Å². The van der Waals surface area contributed by atoms with Gasteiger partial charge in [-0.25, -0.2) is 14.8 Å². The summed E-state index contributed by atoms with van der Waals surface area (Å²) in [7, 11) is 0. The van der Waals surface area contributed by atoms with Crippen LogP contribution in [0.5, 0.6) is 0 Å². The van der Waals surface area contributed by atoms with E-state index in [4.69, 9.17) is 9.72 Å². The van der Waals surface area contributed by atoms with Crippen molar-refractivity contribution in [2.45, 2.75) is 70.6 Å². The fourth-order valence-corrected chi connectivity index (χ4v) is 7.40. The first-order valence-electron chi connectivity index (χ1n) is 15.1. The Morgan fingerprint density at radius 2 is 1.84 bits per heavy atom. The molecule has 3 aromatic heterocycles. The molecular formula is C34H37N5O3S. The van der Waals surface area contributed by atoms with Crippen molar-refractivity contribution < 1.29 is 14.3 Å². The van der Waals surface area contributed by atoms with Crippen molar-refractivity contribution in [2.24, 2.45) is 5.41 Å². The van der Waals surface area contributed by atoms with Crippen molar-refractivity contribution in [1.82, 2.24) is 24.8 Å². The van der Waals surface area contributed by atoms with E-state index in [-0.39, 0.29) is 17.0 Å². The monoisotopic (exact) mass is 595 g/mol. The number of ether oxygens (including phenoxy) is 1. The minimum Gasteiger partial charge on any atom is -0.464 e. The lowest BCUT2D eigenvalue weighted by Crippen LogP contribution is -2.54. The molecule has 1 fully saturated rings. The third-order valence-corrected chi connectivity index (χ3v) is 9.36.